The average molecular weight is 289 g/mol. The van der Waals surface area contributed by atoms with Gasteiger partial charge in [0.15, 0.2) is 0 Å². The number of halogens is 1. The number of ether oxygens (including phenoxy) is 2. The molecule has 16 heavy (non-hydrogen) atoms. The van der Waals surface area contributed by atoms with Crippen LogP contribution in [0, 0.1) is 17.3 Å². The summed E-state index contributed by atoms with van der Waals surface area (Å²) in [5.74, 6) is 1.61. The van der Waals surface area contributed by atoms with Gasteiger partial charge in [0.2, 0.25) is 0 Å². The van der Waals surface area contributed by atoms with E-state index in [4.69, 9.17) is 9.47 Å². The van der Waals surface area contributed by atoms with Crippen LogP contribution >= 0.6 is 15.9 Å². The Morgan fingerprint density at radius 2 is 1.94 bits per heavy atom. The number of hydrogen-bond acceptors (Lipinski definition) is 2. The zero-order valence-electron chi connectivity index (χ0n) is 10.2. The molecule has 2 nitrogen and oxygen atoms in total. The average Bonchev–Trinajstić information content (AvgIpc) is 2.72. The minimum absolute atomic E-state index is 0.0599. The fourth-order valence-corrected chi connectivity index (χ4v) is 5.39. The van der Waals surface area contributed by atoms with Gasteiger partial charge in [0.05, 0.1) is 18.8 Å². The van der Waals surface area contributed by atoms with E-state index in [1.807, 2.05) is 0 Å². The third kappa shape index (κ3) is 1.31. The van der Waals surface area contributed by atoms with Gasteiger partial charge in [0, 0.05) is 5.33 Å². The molecular weight excluding hydrogens is 268 g/mol. The van der Waals surface area contributed by atoms with Gasteiger partial charge in [-0.15, -0.1) is 0 Å². The summed E-state index contributed by atoms with van der Waals surface area (Å²) in [6, 6.07) is 0. The molecule has 0 aromatic heterocycles. The van der Waals surface area contributed by atoms with E-state index in [0.717, 1.165) is 30.4 Å². The molecule has 3 heteroatoms. The Hall–Kier alpha value is 0.400. The van der Waals surface area contributed by atoms with E-state index in [9.17, 15) is 0 Å². The van der Waals surface area contributed by atoms with Crippen LogP contribution in [0.3, 0.4) is 0 Å². The first-order chi connectivity index (χ1) is 7.60. The molecule has 1 aliphatic heterocycles. The number of fused-ring (bicyclic) bond motifs is 2. The molecular formula is C13H21BrO2. The van der Waals surface area contributed by atoms with Crippen LogP contribution in [0.5, 0.6) is 0 Å². The minimum atomic E-state index is 0.0599. The lowest BCUT2D eigenvalue weighted by Gasteiger charge is -2.51. The van der Waals surface area contributed by atoms with Crippen molar-refractivity contribution in [2.75, 3.05) is 18.5 Å². The lowest BCUT2D eigenvalue weighted by Crippen LogP contribution is -2.57. The molecule has 1 heterocycles. The van der Waals surface area contributed by atoms with Crippen molar-refractivity contribution in [1.29, 1.82) is 0 Å². The quantitative estimate of drug-likeness (QED) is 0.744. The highest BCUT2D eigenvalue weighted by Crippen LogP contribution is 2.63. The summed E-state index contributed by atoms with van der Waals surface area (Å²) in [4.78, 5) is 0. The highest BCUT2D eigenvalue weighted by atomic mass is 79.9. The van der Waals surface area contributed by atoms with Crippen molar-refractivity contribution in [3.8, 4) is 0 Å². The molecule has 0 aromatic carbocycles. The monoisotopic (exact) mass is 288 g/mol. The molecule has 3 atom stereocenters. The molecule has 1 saturated heterocycles. The molecule has 3 aliphatic rings. The molecule has 2 saturated carbocycles. The first-order valence-electron chi connectivity index (χ1n) is 6.41. The van der Waals surface area contributed by atoms with E-state index in [0.29, 0.717) is 11.5 Å². The van der Waals surface area contributed by atoms with Gasteiger partial charge < -0.3 is 9.47 Å². The van der Waals surface area contributed by atoms with Crippen LogP contribution in [0.1, 0.15) is 33.1 Å². The molecule has 2 bridgehead atoms. The summed E-state index contributed by atoms with van der Waals surface area (Å²) < 4.78 is 11.7. The topological polar surface area (TPSA) is 18.5 Å². The van der Waals surface area contributed by atoms with E-state index < -0.39 is 0 Å². The number of alkyl halides is 1. The van der Waals surface area contributed by atoms with Crippen LogP contribution in [0.4, 0.5) is 0 Å². The van der Waals surface area contributed by atoms with Crippen LogP contribution in [0.15, 0.2) is 0 Å². The lowest BCUT2D eigenvalue weighted by atomic mass is 9.66. The van der Waals surface area contributed by atoms with Gasteiger partial charge >= 0.3 is 0 Å². The second-order valence-electron chi connectivity index (χ2n) is 6.23. The Balaban J connectivity index is 1.86. The Kier molecular flexibility index (Phi) is 2.65. The third-order valence-electron chi connectivity index (χ3n) is 5.39. The van der Waals surface area contributed by atoms with E-state index in [1.165, 1.54) is 19.3 Å². The van der Waals surface area contributed by atoms with Gasteiger partial charge in [-0.05, 0) is 36.5 Å². The van der Waals surface area contributed by atoms with Gasteiger partial charge in [0.25, 0.3) is 0 Å². The van der Waals surface area contributed by atoms with E-state index in [-0.39, 0.29) is 5.60 Å². The second-order valence-corrected chi connectivity index (χ2v) is 6.79. The van der Waals surface area contributed by atoms with Crippen molar-refractivity contribution in [2.45, 2.75) is 44.8 Å². The van der Waals surface area contributed by atoms with Gasteiger partial charge in [-0.2, -0.15) is 0 Å². The molecule has 3 fully saturated rings. The first kappa shape index (κ1) is 11.5. The predicted octanol–water partition coefficient (Wildman–Crippen LogP) is 2.99. The standard InChI is InChI=1S/C13H21BrO2/c1-12(2)9-3-4-10(5-9)13(12,8-14)16-11-6-15-7-11/h9-11H,3-8H2,1-2H3. The van der Waals surface area contributed by atoms with Crippen LogP contribution in [0.25, 0.3) is 0 Å². The summed E-state index contributed by atoms with van der Waals surface area (Å²) in [5, 5.41) is 0.977. The van der Waals surface area contributed by atoms with Gasteiger partial charge in [0.1, 0.15) is 6.10 Å². The molecule has 2 aliphatic carbocycles. The van der Waals surface area contributed by atoms with Crippen molar-refractivity contribution in [2.24, 2.45) is 17.3 Å². The summed E-state index contributed by atoms with van der Waals surface area (Å²) in [5.41, 5.74) is 0.374. The Morgan fingerprint density at radius 1 is 1.25 bits per heavy atom. The number of hydrogen-bond donors (Lipinski definition) is 0. The first-order valence-corrected chi connectivity index (χ1v) is 7.54. The minimum Gasteiger partial charge on any atom is -0.376 e. The largest absolute Gasteiger partial charge is 0.376 e. The SMILES string of the molecule is CC1(C)C2CCC(C2)C1(CBr)OC1COC1. The summed E-state index contributed by atoms with van der Waals surface area (Å²) >= 11 is 3.73. The van der Waals surface area contributed by atoms with Crippen molar-refractivity contribution >= 4 is 15.9 Å². The maximum atomic E-state index is 6.46. The lowest BCUT2D eigenvalue weighted by molar-refractivity contribution is -0.231. The molecule has 0 N–H and O–H groups in total. The van der Waals surface area contributed by atoms with Crippen LogP contribution < -0.4 is 0 Å². The molecule has 0 radical (unpaired) electrons. The van der Waals surface area contributed by atoms with E-state index in [1.54, 1.807) is 0 Å². The normalized spacial score (nSPS) is 45.9. The predicted molar refractivity (Wildman–Crippen MR) is 66.8 cm³/mol. The molecule has 0 aromatic rings. The zero-order valence-corrected chi connectivity index (χ0v) is 11.8. The Morgan fingerprint density at radius 3 is 2.38 bits per heavy atom. The zero-order chi connectivity index (χ0) is 11.4. The second kappa shape index (κ2) is 3.69. The molecule has 0 amide bonds. The maximum Gasteiger partial charge on any atom is 0.105 e. The van der Waals surface area contributed by atoms with E-state index >= 15 is 0 Å². The number of rotatable bonds is 3. The molecule has 3 unspecified atom stereocenters. The molecule has 92 valence electrons. The summed E-state index contributed by atoms with van der Waals surface area (Å²) in [6.45, 7) is 6.39. The van der Waals surface area contributed by atoms with Crippen molar-refractivity contribution in [3.05, 3.63) is 0 Å². The van der Waals surface area contributed by atoms with Crippen molar-refractivity contribution < 1.29 is 9.47 Å². The van der Waals surface area contributed by atoms with E-state index in [2.05, 4.69) is 29.8 Å². The summed E-state index contributed by atoms with van der Waals surface area (Å²) in [6.07, 6.45) is 4.47. The van der Waals surface area contributed by atoms with Crippen molar-refractivity contribution in [3.63, 3.8) is 0 Å². The smallest absolute Gasteiger partial charge is 0.105 e. The molecule has 3 rings (SSSR count). The Labute approximate surface area is 106 Å². The highest BCUT2D eigenvalue weighted by Gasteiger charge is 2.64. The fourth-order valence-electron chi connectivity index (χ4n) is 4.07. The van der Waals surface area contributed by atoms with Gasteiger partial charge in [-0.1, -0.05) is 29.8 Å². The van der Waals surface area contributed by atoms with Crippen LogP contribution in [0.2, 0.25) is 0 Å². The van der Waals surface area contributed by atoms with Gasteiger partial charge in [-0.3, -0.25) is 0 Å². The van der Waals surface area contributed by atoms with Crippen LogP contribution in [-0.4, -0.2) is 30.2 Å². The Bertz CT molecular complexity index is 288. The fraction of sp³-hybridized carbons (Fsp3) is 1.00. The van der Waals surface area contributed by atoms with Crippen LogP contribution in [-0.2, 0) is 9.47 Å². The van der Waals surface area contributed by atoms with Gasteiger partial charge in [-0.25, -0.2) is 0 Å². The highest BCUT2D eigenvalue weighted by molar-refractivity contribution is 9.09. The summed E-state index contributed by atoms with van der Waals surface area (Å²) in [7, 11) is 0. The van der Waals surface area contributed by atoms with Crippen molar-refractivity contribution in [1.82, 2.24) is 0 Å². The molecule has 0 spiro atoms. The third-order valence-corrected chi connectivity index (χ3v) is 6.22. The maximum absolute atomic E-state index is 6.46.